The van der Waals surface area contributed by atoms with E-state index < -0.39 is 0 Å². The zero-order valence-corrected chi connectivity index (χ0v) is 11.4. The van der Waals surface area contributed by atoms with Gasteiger partial charge in [-0.05, 0) is 45.4 Å². The van der Waals surface area contributed by atoms with Gasteiger partial charge < -0.3 is 4.90 Å². The SMILES string of the molecule is CCCCP(CCCC)CCN(C)C. The molecule has 0 saturated heterocycles. The molecule has 1 nitrogen and oxygen atoms in total. The Hall–Kier alpha value is 0.390. The van der Waals surface area contributed by atoms with E-state index in [9.17, 15) is 0 Å². The summed E-state index contributed by atoms with van der Waals surface area (Å²) >= 11 is 0. The average molecular weight is 217 g/mol. The fourth-order valence-corrected chi connectivity index (χ4v) is 4.32. The van der Waals surface area contributed by atoms with Crippen molar-refractivity contribution in [3.63, 3.8) is 0 Å². The minimum Gasteiger partial charge on any atom is -0.309 e. The van der Waals surface area contributed by atoms with E-state index >= 15 is 0 Å². The lowest BCUT2D eigenvalue weighted by Crippen LogP contribution is -2.16. The molecule has 2 heteroatoms. The second kappa shape index (κ2) is 9.93. The largest absolute Gasteiger partial charge is 0.309 e. The molecule has 0 saturated carbocycles. The lowest BCUT2D eigenvalue weighted by atomic mass is 10.4. The molecule has 0 fully saturated rings. The van der Waals surface area contributed by atoms with Gasteiger partial charge in [0.15, 0.2) is 0 Å². The summed E-state index contributed by atoms with van der Waals surface area (Å²) in [7, 11) is 4.73. The predicted octanol–water partition coefficient (Wildman–Crippen LogP) is 3.63. The first kappa shape index (κ1) is 14.4. The van der Waals surface area contributed by atoms with Gasteiger partial charge in [0.05, 0.1) is 0 Å². The smallest absolute Gasteiger partial charge is 0.00146 e. The fraction of sp³-hybridized carbons (Fsp3) is 1.00. The van der Waals surface area contributed by atoms with Crippen molar-refractivity contribution < 1.29 is 0 Å². The topological polar surface area (TPSA) is 3.24 Å². The van der Waals surface area contributed by atoms with Gasteiger partial charge in [0, 0.05) is 6.54 Å². The van der Waals surface area contributed by atoms with Crippen LogP contribution in [-0.2, 0) is 0 Å². The van der Waals surface area contributed by atoms with E-state index in [1.807, 2.05) is 0 Å². The quantitative estimate of drug-likeness (QED) is 0.533. The van der Waals surface area contributed by atoms with E-state index in [0.29, 0.717) is 7.92 Å². The molecule has 0 aliphatic rings. The molecule has 0 unspecified atom stereocenters. The Balaban J connectivity index is 3.60. The highest BCUT2D eigenvalue weighted by atomic mass is 31.1. The predicted molar refractivity (Wildman–Crippen MR) is 69.9 cm³/mol. The molecule has 0 heterocycles. The lowest BCUT2D eigenvalue weighted by Gasteiger charge is -2.19. The van der Waals surface area contributed by atoms with Crippen LogP contribution in [0.5, 0.6) is 0 Å². The Labute approximate surface area is 92.0 Å². The molecule has 0 spiro atoms. The maximum absolute atomic E-state index is 2.33. The van der Waals surface area contributed by atoms with Crippen LogP contribution in [0.3, 0.4) is 0 Å². The summed E-state index contributed by atoms with van der Waals surface area (Å²) in [4.78, 5) is 2.33. The third-order valence-electron chi connectivity index (χ3n) is 2.52. The monoisotopic (exact) mass is 217 g/mol. The fourth-order valence-electron chi connectivity index (χ4n) is 1.44. The molecule has 0 atom stereocenters. The summed E-state index contributed by atoms with van der Waals surface area (Å²) in [5.41, 5.74) is 0. The van der Waals surface area contributed by atoms with Crippen LogP contribution in [0.15, 0.2) is 0 Å². The van der Waals surface area contributed by atoms with Gasteiger partial charge in [-0.25, -0.2) is 0 Å². The molecule has 0 radical (unpaired) electrons. The van der Waals surface area contributed by atoms with Crippen molar-refractivity contribution in [3.8, 4) is 0 Å². The zero-order valence-electron chi connectivity index (χ0n) is 10.6. The second-order valence-corrected chi connectivity index (χ2v) is 7.04. The van der Waals surface area contributed by atoms with Crippen LogP contribution in [-0.4, -0.2) is 44.0 Å². The number of unbranched alkanes of at least 4 members (excludes halogenated alkanes) is 2. The van der Waals surface area contributed by atoms with E-state index in [1.54, 1.807) is 0 Å². The first-order valence-electron chi connectivity index (χ1n) is 6.07. The van der Waals surface area contributed by atoms with E-state index in [0.717, 1.165) is 0 Å². The van der Waals surface area contributed by atoms with Gasteiger partial charge in [0.2, 0.25) is 0 Å². The standard InChI is InChI=1S/C12H28NP/c1-5-7-10-14(11-8-6-2)12-9-13(3)4/h5-12H2,1-4H3. The third-order valence-corrected chi connectivity index (χ3v) is 5.25. The molecule has 0 bridgehead atoms. The van der Waals surface area contributed by atoms with E-state index in [4.69, 9.17) is 0 Å². The van der Waals surface area contributed by atoms with Gasteiger partial charge in [-0.2, -0.15) is 0 Å². The Morgan fingerprint density at radius 3 is 1.71 bits per heavy atom. The summed E-state index contributed by atoms with van der Waals surface area (Å²) in [5.74, 6) is 0. The van der Waals surface area contributed by atoms with Gasteiger partial charge in [-0.3, -0.25) is 0 Å². The number of hydrogen-bond acceptors (Lipinski definition) is 1. The van der Waals surface area contributed by atoms with Gasteiger partial charge in [-0.1, -0.05) is 26.7 Å². The summed E-state index contributed by atoms with van der Waals surface area (Å²) in [5, 5.41) is 0. The Bertz CT molecular complexity index is 107. The highest BCUT2D eigenvalue weighted by molar-refractivity contribution is 7.57. The normalized spacial score (nSPS) is 11.6. The summed E-state index contributed by atoms with van der Waals surface area (Å²) in [6.07, 6.45) is 10.1. The van der Waals surface area contributed by atoms with E-state index in [-0.39, 0.29) is 0 Å². The molecule has 0 aromatic carbocycles. The maximum atomic E-state index is 2.33. The third kappa shape index (κ3) is 8.97. The van der Waals surface area contributed by atoms with Gasteiger partial charge in [-0.15, -0.1) is 7.92 Å². The minimum absolute atomic E-state index is 0.353. The maximum Gasteiger partial charge on any atom is 0.00146 e. The molecule has 0 amide bonds. The Kier molecular flexibility index (Phi) is 10.2. The molecule has 86 valence electrons. The van der Waals surface area contributed by atoms with Crippen LogP contribution < -0.4 is 0 Å². The number of hydrogen-bond donors (Lipinski definition) is 0. The van der Waals surface area contributed by atoms with Crippen LogP contribution in [0.4, 0.5) is 0 Å². The van der Waals surface area contributed by atoms with E-state index in [2.05, 4.69) is 32.8 Å². The Morgan fingerprint density at radius 2 is 1.36 bits per heavy atom. The zero-order chi connectivity index (χ0) is 10.8. The van der Waals surface area contributed by atoms with Crippen molar-refractivity contribution in [2.45, 2.75) is 39.5 Å². The van der Waals surface area contributed by atoms with Gasteiger partial charge >= 0.3 is 0 Å². The highest BCUT2D eigenvalue weighted by Gasteiger charge is 2.06. The van der Waals surface area contributed by atoms with Crippen molar-refractivity contribution in [3.05, 3.63) is 0 Å². The average Bonchev–Trinajstić information content (AvgIpc) is 2.16. The molecule has 0 rings (SSSR count). The molecule has 0 aromatic rings. The van der Waals surface area contributed by atoms with Crippen LogP contribution in [0.25, 0.3) is 0 Å². The van der Waals surface area contributed by atoms with Crippen molar-refractivity contribution in [2.24, 2.45) is 0 Å². The van der Waals surface area contributed by atoms with Crippen LogP contribution >= 0.6 is 7.92 Å². The highest BCUT2D eigenvalue weighted by Crippen LogP contribution is 2.37. The molecule has 0 aromatic heterocycles. The molecule has 0 aliphatic heterocycles. The molecule has 0 N–H and O–H groups in total. The van der Waals surface area contributed by atoms with Gasteiger partial charge in [0.1, 0.15) is 0 Å². The van der Waals surface area contributed by atoms with Crippen molar-refractivity contribution in [1.29, 1.82) is 0 Å². The molecular weight excluding hydrogens is 189 g/mol. The number of rotatable bonds is 9. The van der Waals surface area contributed by atoms with Crippen molar-refractivity contribution in [1.82, 2.24) is 4.90 Å². The first-order valence-corrected chi connectivity index (χ1v) is 7.97. The van der Waals surface area contributed by atoms with Crippen LogP contribution in [0.1, 0.15) is 39.5 Å². The van der Waals surface area contributed by atoms with Gasteiger partial charge in [0.25, 0.3) is 0 Å². The van der Waals surface area contributed by atoms with E-state index in [1.165, 1.54) is 50.7 Å². The number of nitrogens with zero attached hydrogens (tertiary/aromatic N) is 1. The van der Waals surface area contributed by atoms with Crippen molar-refractivity contribution >= 4 is 7.92 Å². The molecular formula is C12H28NP. The van der Waals surface area contributed by atoms with Crippen LogP contribution in [0, 0.1) is 0 Å². The Morgan fingerprint density at radius 1 is 0.857 bits per heavy atom. The van der Waals surface area contributed by atoms with Crippen molar-refractivity contribution in [2.75, 3.05) is 39.1 Å². The minimum atomic E-state index is 0.353. The molecule has 0 aliphatic carbocycles. The summed E-state index contributed by atoms with van der Waals surface area (Å²) in [6.45, 7) is 5.90. The lowest BCUT2D eigenvalue weighted by molar-refractivity contribution is 0.436. The molecule has 14 heavy (non-hydrogen) atoms. The summed E-state index contributed by atoms with van der Waals surface area (Å²) in [6, 6.07) is 0. The second-order valence-electron chi connectivity index (χ2n) is 4.35. The first-order chi connectivity index (χ1) is 6.70. The summed E-state index contributed by atoms with van der Waals surface area (Å²) < 4.78 is 0. The van der Waals surface area contributed by atoms with Crippen LogP contribution in [0.2, 0.25) is 0 Å².